The van der Waals surface area contributed by atoms with Gasteiger partial charge in [0.15, 0.2) is 5.82 Å². The summed E-state index contributed by atoms with van der Waals surface area (Å²) < 4.78 is 14.1. The first-order valence-electron chi connectivity index (χ1n) is 11.6. The summed E-state index contributed by atoms with van der Waals surface area (Å²) in [7, 11) is 1.54. The molecule has 0 bridgehead atoms. The van der Waals surface area contributed by atoms with Crippen molar-refractivity contribution in [1.29, 1.82) is 0 Å². The fourth-order valence-corrected chi connectivity index (χ4v) is 4.43. The summed E-state index contributed by atoms with van der Waals surface area (Å²) in [5, 5.41) is 12.4. The van der Waals surface area contributed by atoms with Crippen molar-refractivity contribution in [2.75, 3.05) is 38.7 Å². The van der Waals surface area contributed by atoms with Crippen LogP contribution in [0.25, 0.3) is 11.3 Å². The first kappa shape index (κ1) is 24.0. The number of carbonyl (C=O) groups excluding carboxylic acids is 2. The summed E-state index contributed by atoms with van der Waals surface area (Å²) in [6.45, 7) is 4.11. The molecule has 0 spiro atoms. The van der Waals surface area contributed by atoms with E-state index in [1.165, 1.54) is 10.9 Å². The molecule has 0 saturated carbocycles. The van der Waals surface area contributed by atoms with Crippen LogP contribution in [0.3, 0.4) is 0 Å². The molecule has 2 aliphatic heterocycles. The third kappa shape index (κ3) is 4.71. The van der Waals surface area contributed by atoms with Crippen LogP contribution >= 0.6 is 11.6 Å². The Labute approximate surface area is 212 Å². The highest BCUT2D eigenvalue weighted by Gasteiger charge is 2.25. The number of halogens is 1. The van der Waals surface area contributed by atoms with Crippen molar-refractivity contribution in [2.45, 2.75) is 25.9 Å². The number of methoxy groups -OCH3 is 1. The smallest absolute Gasteiger partial charge is 0.261 e. The number of rotatable bonds is 6. The van der Waals surface area contributed by atoms with E-state index in [9.17, 15) is 9.59 Å². The Morgan fingerprint density at radius 2 is 2.08 bits per heavy atom. The van der Waals surface area contributed by atoms with Gasteiger partial charge in [-0.15, -0.1) is 0 Å². The predicted octanol–water partition coefficient (Wildman–Crippen LogP) is 3.19. The molecule has 1 fully saturated rings. The molecule has 1 atom stereocenters. The van der Waals surface area contributed by atoms with Crippen LogP contribution in [0.4, 0.5) is 11.5 Å². The van der Waals surface area contributed by atoms with E-state index in [4.69, 9.17) is 21.1 Å². The van der Waals surface area contributed by atoms with Gasteiger partial charge in [-0.05, 0) is 25.1 Å². The Hall–Kier alpha value is -3.70. The number of benzene rings is 1. The van der Waals surface area contributed by atoms with Crippen molar-refractivity contribution in [2.24, 2.45) is 4.99 Å². The van der Waals surface area contributed by atoms with Gasteiger partial charge < -0.3 is 19.7 Å². The van der Waals surface area contributed by atoms with Crippen molar-refractivity contribution >= 4 is 41.1 Å². The van der Waals surface area contributed by atoms with E-state index in [-0.39, 0.29) is 24.4 Å². The van der Waals surface area contributed by atoms with Crippen molar-refractivity contribution in [3.05, 3.63) is 41.2 Å². The Morgan fingerprint density at radius 1 is 1.28 bits per heavy atom. The number of morpholine rings is 1. The van der Waals surface area contributed by atoms with Crippen LogP contribution in [-0.2, 0) is 16.1 Å². The lowest BCUT2D eigenvalue weighted by Gasteiger charge is -2.26. The van der Waals surface area contributed by atoms with Gasteiger partial charge in [-0.25, -0.2) is 9.67 Å². The second-order valence-electron chi connectivity index (χ2n) is 8.60. The summed E-state index contributed by atoms with van der Waals surface area (Å²) in [5.41, 5.74) is 1.76. The van der Waals surface area contributed by atoms with E-state index in [1.807, 2.05) is 6.92 Å². The average molecular weight is 512 g/mol. The van der Waals surface area contributed by atoms with Crippen LogP contribution in [0.5, 0.6) is 5.75 Å². The molecule has 36 heavy (non-hydrogen) atoms. The molecule has 1 unspecified atom stereocenters. The van der Waals surface area contributed by atoms with E-state index < -0.39 is 0 Å². The summed E-state index contributed by atoms with van der Waals surface area (Å²) in [4.78, 5) is 32.3. The fourth-order valence-electron chi connectivity index (χ4n) is 4.26. The highest BCUT2D eigenvalue weighted by atomic mass is 35.5. The molecule has 0 aliphatic carbocycles. The number of ether oxygens (including phenoxy) is 2. The van der Waals surface area contributed by atoms with Crippen LogP contribution in [0.15, 0.2) is 35.6 Å². The second-order valence-corrected chi connectivity index (χ2v) is 9.04. The Morgan fingerprint density at radius 3 is 2.86 bits per heavy atom. The first-order valence-corrected chi connectivity index (χ1v) is 12.0. The third-order valence-electron chi connectivity index (χ3n) is 6.18. The van der Waals surface area contributed by atoms with Crippen LogP contribution in [0.1, 0.15) is 29.7 Å². The van der Waals surface area contributed by atoms with Crippen LogP contribution < -0.4 is 10.1 Å². The molecular weight excluding hydrogens is 486 g/mol. The molecule has 2 aliphatic rings. The maximum absolute atomic E-state index is 13.3. The van der Waals surface area contributed by atoms with Crippen molar-refractivity contribution in [1.82, 2.24) is 24.5 Å². The number of fused-ring (bicyclic) bond motifs is 1. The molecule has 12 heteroatoms. The monoisotopic (exact) mass is 511 g/mol. The van der Waals surface area contributed by atoms with Crippen molar-refractivity contribution in [3.63, 3.8) is 0 Å². The van der Waals surface area contributed by atoms with Gasteiger partial charge in [0.05, 0.1) is 38.2 Å². The summed E-state index contributed by atoms with van der Waals surface area (Å²) in [5.74, 6) is 0.560. The quantitative estimate of drug-likeness (QED) is 0.543. The summed E-state index contributed by atoms with van der Waals surface area (Å²) in [6, 6.07) is 5.25. The average Bonchev–Trinajstić information content (AvgIpc) is 3.49. The van der Waals surface area contributed by atoms with Gasteiger partial charge in [-0.3, -0.25) is 14.3 Å². The molecule has 4 heterocycles. The number of nitrogens with zero attached hydrogens (tertiary/aromatic N) is 6. The zero-order valence-corrected chi connectivity index (χ0v) is 20.7. The van der Waals surface area contributed by atoms with Gasteiger partial charge >= 0.3 is 0 Å². The summed E-state index contributed by atoms with van der Waals surface area (Å²) in [6.07, 6.45) is 5.68. The topological polar surface area (TPSA) is 116 Å². The molecule has 1 aromatic carbocycles. The SMILES string of the molecule is COc1ccc(Cl)cc1-c1nn(CC(=O)N2CCOCC2)cc1NC(=O)c1cnn2c1N=CCC2C. The fraction of sp³-hybridized carbons (Fsp3) is 0.375. The Balaban J connectivity index is 1.48. The van der Waals surface area contributed by atoms with Gasteiger partial charge in [0.25, 0.3) is 5.91 Å². The third-order valence-corrected chi connectivity index (χ3v) is 6.41. The normalized spacial score (nSPS) is 17.1. The van der Waals surface area contributed by atoms with Crippen LogP contribution in [-0.4, -0.2) is 75.9 Å². The number of amides is 2. The molecule has 188 valence electrons. The zero-order valence-electron chi connectivity index (χ0n) is 20.0. The predicted molar refractivity (Wildman–Crippen MR) is 134 cm³/mol. The minimum Gasteiger partial charge on any atom is -0.496 e. The molecule has 2 amide bonds. The maximum atomic E-state index is 13.3. The first-order chi connectivity index (χ1) is 17.4. The highest BCUT2D eigenvalue weighted by molar-refractivity contribution is 6.31. The van der Waals surface area contributed by atoms with E-state index in [2.05, 4.69) is 20.5 Å². The zero-order chi connectivity index (χ0) is 25.2. The van der Waals surface area contributed by atoms with Crippen molar-refractivity contribution < 1.29 is 19.1 Å². The number of anilines is 1. The van der Waals surface area contributed by atoms with E-state index in [1.54, 1.807) is 47.3 Å². The lowest BCUT2D eigenvalue weighted by molar-refractivity contribution is -0.136. The van der Waals surface area contributed by atoms with Gasteiger partial charge in [-0.1, -0.05) is 11.6 Å². The molecular formula is C24H26ClN7O4. The van der Waals surface area contributed by atoms with Gasteiger partial charge in [0.2, 0.25) is 5.91 Å². The van der Waals surface area contributed by atoms with E-state index in [0.717, 1.165) is 6.42 Å². The van der Waals surface area contributed by atoms with Crippen molar-refractivity contribution in [3.8, 4) is 17.0 Å². The largest absolute Gasteiger partial charge is 0.496 e. The minimum absolute atomic E-state index is 0.0107. The van der Waals surface area contributed by atoms with E-state index in [0.29, 0.717) is 65.4 Å². The lowest BCUT2D eigenvalue weighted by atomic mass is 10.1. The summed E-state index contributed by atoms with van der Waals surface area (Å²) >= 11 is 6.27. The second kappa shape index (κ2) is 10.1. The number of aliphatic imine (C=N–C) groups is 1. The van der Waals surface area contributed by atoms with Gasteiger partial charge in [-0.2, -0.15) is 10.2 Å². The minimum atomic E-state index is -0.385. The maximum Gasteiger partial charge on any atom is 0.261 e. The highest BCUT2D eigenvalue weighted by Crippen LogP contribution is 2.37. The number of carbonyl (C=O) groups is 2. The molecule has 1 N–H and O–H groups in total. The molecule has 1 saturated heterocycles. The van der Waals surface area contributed by atoms with Crippen LogP contribution in [0, 0.1) is 0 Å². The lowest BCUT2D eigenvalue weighted by Crippen LogP contribution is -2.42. The van der Waals surface area contributed by atoms with Crippen LogP contribution in [0.2, 0.25) is 5.02 Å². The van der Waals surface area contributed by atoms with Gasteiger partial charge in [0, 0.05) is 42.5 Å². The number of aromatic nitrogens is 4. The molecule has 11 nitrogen and oxygen atoms in total. The molecule has 3 aromatic rings. The number of hydrogen-bond donors (Lipinski definition) is 1. The standard InChI is InChI=1S/C24H26ClN7O4/c1-15-5-6-26-23-18(12-27-32(15)23)24(34)28-19-13-31(14-21(33)30-7-9-36-10-8-30)29-22(19)17-11-16(25)3-4-20(17)35-2/h3-4,6,11-13,15H,5,7-10,14H2,1-2H3,(H,28,34). The molecule has 2 aromatic heterocycles. The Kier molecular flexibility index (Phi) is 6.75. The molecule has 5 rings (SSSR count). The molecule has 0 radical (unpaired) electrons. The number of nitrogens with one attached hydrogen (secondary N) is 1. The Bertz CT molecular complexity index is 1330. The number of hydrogen-bond acceptors (Lipinski definition) is 7. The van der Waals surface area contributed by atoms with E-state index >= 15 is 0 Å². The van der Waals surface area contributed by atoms with Gasteiger partial charge in [0.1, 0.15) is 23.6 Å².